The van der Waals surface area contributed by atoms with Crippen LogP contribution >= 0.6 is 0 Å². The number of methoxy groups -OCH3 is 1. The van der Waals surface area contributed by atoms with Crippen LogP contribution in [0.5, 0.6) is 0 Å². The summed E-state index contributed by atoms with van der Waals surface area (Å²) in [6.45, 7) is 2.65. The minimum atomic E-state index is -3.29. The van der Waals surface area contributed by atoms with Gasteiger partial charge in [0.15, 0.2) is 0 Å². The largest absolute Gasteiger partial charge is 0.464 e. The van der Waals surface area contributed by atoms with Crippen LogP contribution in [0.25, 0.3) is 0 Å². The zero-order valence-corrected chi connectivity index (χ0v) is 16.7. The molecule has 0 amide bonds. The molecule has 8 nitrogen and oxygen atoms in total. The van der Waals surface area contributed by atoms with Crippen LogP contribution in [0.1, 0.15) is 27.7 Å². The summed E-state index contributed by atoms with van der Waals surface area (Å²) in [6, 6.07) is 9.68. The highest BCUT2D eigenvalue weighted by atomic mass is 32.2. The van der Waals surface area contributed by atoms with E-state index >= 15 is 0 Å². The number of fused-ring (bicyclic) bond motifs is 1. The molecule has 0 saturated carbocycles. The van der Waals surface area contributed by atoms with Crippen molar-refractivity contribution in [3.63, 3.8) is 0 Å². The SMILES string of the molecule is COC(=O)c1[nH]ncc1CN1C[C@@H]2CN(S(C)(=O)=O)[C@@H](c3ccccc3)[C@@H]2C1. The third-order valence-electron chi connectivity index (χ3n) is 5.77. The van der Waals surface area contributed by atoms with E-state index in [9.17, 15) is 13.2 Å². The maximum atomic E-state index is 12.4. The van der Waals surface area contributed by atoms with Crippen LogP contribution < -0.4 is 0 Å². The smallest absolute Gasteiger partial charge is 0.356 e. The van der Waals surface area contributed by atoms with Gasteiger partial charge in [0.25, 0.3) is 0 Å². The van der Waals surface area contributed by atoms with Gasteiger partial charge in [0.2, 0.25) is 10.0 Å². The van der Waals surface area contributed by atoms with Crippen molar-refractivity contribution < 1.29 is 17.9 Å². The number of nitrogens with zero attached hydrogens (tertiary/aromatic N) is 3. The molecule has 0 unspecified atom stereocenters. The van der Waals surface area contributed by atoms with Crippen molar-refractivity contribution in [2.24, 2.45) is 11.8 Å². The number of esters is 1. The number of sulfonamides is 1. The van der Waals surface area contributed by atoms with E-state index in [2.05, 4.69) is 15.1 Å². The lowest BCUT2D eigenvalue weighted by Crippen LogP contribution is -2.35. The van der Waals surface area contributed by atoms with Crippen molar-refractivity contribution in [3.8, 4) is 0 Å². The van der Waals surface area contributed by atoms with Crippen molar-refractivity contribution in [1.29, 1.82) is 0 Å². The van der Waals surface area contributed by atoms with Crippen LogP contribution in [-0.2, 0) is 21.3 Å². The Morgan fingerprint density at radius 2 is 2.00 bits per heavy atom. The molecule has 150 valence electrons. The maximum Gasteiger partial charge on any atom is 0.356 e. The molecule has 28 heavy (non-hydrogen) atoms. The fourth-order valence-corrected chi connectivity index (χ4v) is 5.74. The van der Waals surface area contributed by atoms with Crippen molar-refractivity contribution in [2.75, 3.05) is 33.0 Å². The summed E-state index contributed by atoms with van der Waals surface area (Å²) in [5.41, 5.74) is 2.20. The first-order valence-electron chi connectivity index (χ1n) is 9.23. The van der Waals surface area contributed by atoms with Crippen LogP contribution in [0.2, 0.25) is 0 Å². The summed E-state index contributed by atoms with van der Waals surface area (Å²) < 4.78 is 31.2. The average molecular weight is 404 g/mol. The zero-order chi connectivity index (χ0) is 19.9. The molecule has 0 radical (unpaired) electrons. The lowest BCUT2D eigenvalue weighted by molar-refractivity contribution is 0.0591. The summed E-state index contributed by atoms with van der Waals surface area (Å²) in [5.74, 6) is 0.0383. The van der Waals surface area contributed by atoms with Gasteiger partial charge in [-0.2, -0.15) is 9.40 Å². The monoisotopic (exact) mass is 404 g/mol. The number of nitrogens with one attached hydrogen (secondary N) is 1. The van der Waals surface area contributed by atoms with Crippen molar-refractivity contribution in [1.82, 2.24) is 19.4 Å². The van der Waals surface area contributed by atoms with E-state index in [-0.39, 0.29) is 17.9 Å². The Labute approximate surface area is 164 Å². The lowest BCUT2D eigenvalue weighted by Gasteiger charge is -2.28. The number of carbonyl (C=O) groups excluding carboxylic acids is 1. The molecule has 0 bridgehead atoms. The summed E-state index contributed by atoms with van der Waals surface area (Å²) in [7, 11) is -1.95. The fourth-order valence-electron chi connectivity index (χ4n) is 4.58. The molecule has 2 aromatic rings. The molecule has 0 spiro atoms. The highest BCUT2D eigenvalue weighted by Gasteiger charge is 2.50. The molecule has 0 aliphatic carbocycles. The number of aromatic nitrogens is 2. The van der Waals surface area contributed by atoms with E-state index < -0.39 is 16.0 Å². The van der Waals surface area contributed by atoms with Gasteiger partial charge in [-0.3, -0.25) is 10.00 Å². The molecule has 2 fully saturated rings. The number of likely N-dealkylation sites (tertiary alicyclic amines) is 1. The Morgan fingerprint density at radius 1 is 1.25 bits per heavy atom. The minimum absolute atomic E-state index is 0.157. The number of benzene rings is 1. The molecule has 2 aliphatic rings. The Morgan fingerprint density at radius 3 is 2.68 bits per heavy atom. The minimum Gasteiger partial charge on any atom is -0.464 e. The second kappa shape index (κ2) is 7.31. The number of carbonyl (C=O) groups is 1. The summed E-state index contributed by atoms with van der Waals surface area (Å²) >= 11 is 0. The van der Waals surface area contributed by atoms with Crippen LogP contribution in [-0.4, -0.2) is 66.8 Å². The molecule has 2 saturated heterocycles. The van der Waals surface area contributed by atoms with Crippen LogP contribution in [0.15, 0.2) is 36.5 Å². The first kappa shape index (κ1) is 19.1. The van der Waals surface area contributed by atoms with Gasteiger partial charge in [-0.15, -0.1) is 0 Å². The number of H-pyrrole nitrogens is 1. The van der Waals surface area contributed by atoms with Gasteiger partial charge in [-0.25, -0.2) is 13.2 Å². The molecular formula is C19H24N4O4S. The van der Waals surface area contributed by atoms with Crippen LogP contribution in [0.3, 0.4) is 0 Å². The van der Waals surface area contributed by atoms with E-state index in [1.807, 2.05) is 30.3 Å². The third-order valence-corrected chi connectivity index (χ3v) is 6.99. The molecule has 9 heteroatoms. The van der Waals surface area contributed by atoms with Crippen molar-refractivity contribution in [2.45, 2.75) is 12.6 Å². The van der Waals surface area contributed by atoms with E-state index in [1.54, 1.807) is 10.5 Å². The zero-order valence-electron chi connectivity index (χ0n) is 15.9. The maximum absolute atomic E-state index is 12.4. The Hall–Kier alpha value is -2.23. The van der Waals surface area contributed by atoms with Gasteiger partial charge in [-0.1, -0.05) is 30.3 Å². The highest BCUT2D eigenvalue weighted by molar-refractivity contribution is 7.88. The first-order valence-corrected chi connectivity index (χ1v) is 11.1. The molecule has 2 aliphatic heterocycles. The second-order valence-corrected chi connectivity index (χ2v) is 9.50. The van der Waals surface area contributed by atoms with Gasteiger partial charge >= 0.3 is 5.97 Å². The number of hydrogen-bond acceptors (Lipinski definition) is 6. The Bertz CT molecular complexity index is 959. The summed E-state index contributed by atoms with van der Waals surface area (Å²) in [6.07, 6.45) is 2.94. The highest BCUT2D eigenvalue weighted by Crippen LogP contribution is 2.46. The number of hydrogen-bond donors (Lipinski definition) is 1. The average Bonchev–Trinajstić information content (AvgIpc) is 3.35. The topological polar surface area (TPSA) is 95.6 Å². The summed E-state index contributed by atoms with van der Waals surface area (Å²) in [5, 5.41) is 6.68. The molecule has 3 heterocycles. The van der Waals surface area contributed by atoms with Gasteiger partial charge in [0, 0.05) is 31.7 Å². The lowest BCUT2D eigenvalue weighted by atomic mass is 9.90. The Balaban J connectivity index is 1.56. The predicted octanol–water partition coefficient (Wildman–Crippen LogP) is 1.26. The summed E-state index contributed by atoms with van der Waals surface area (Å²) in [4.78, 5) is 14.1. The first-order chi connectivity index (χ1) is 13.4. The quantitative estimate of drug-likeness (QED) is 0.754. The van der Waals surface area contributed by atoms with E-state index in [1.165, 1.54) is 13.4 Å². The molecule has 1 aromatic heterocycles. The fraction of sp³-hybridized carbons (Fsp3) is 0.474. The van der Waals surface area contributed by atoms with Crippen LogP contribution in [0.4, 0.5) is 0 Å². The van der Waals surface area contributed by atoms with E-state index in [4.69, 9.17) is 4.74 Å². The number of rotatable bonds is 5. The van der Waals surface area contributed by atoms with Gasteiger partial charge < -0.3 is 4.74 Å². The Kier molecular flexibility index (Phi) is 4.98. The normalized spacial score (nSPS) is 25.7. The third kappa shape index (κ3) is 3.45. The molecule has 1 N–H and O–H groups in total. The van der Waals surface area contributed by atoms with Gasteiger partial charge in [-0.05, 0) is 17.4 Å². The molecule has 1 aromatic carbocycles. The van der Waals surface area contributed by atoms with Gasteiger partial charge in [0.05, 0.1) is 25.6 Å². The molecular weight excluding hydrogens is 380 g/mol. The van der Waals surface area contributed by atoms with E-state index in [0.29, 0.717) is 18.8 Å². The van der Waals surface area contributed by atoms with Gasteiger partial charge in [0.1, 0.15) is 5.69 Å². The van der Waals surface area contributed by atoms with Crippen molar-refractivity contribution >= 4 is 16.0 Å². The number of aromatic amines is 1. The van der Waals surface area contributed by atoms with E-state index in [0.717, 1.165) is 24.2 Å². The predicted molar refractivity (Wildman–Crippen MR) is 103 cm³/mol. The van der Waals surface area contributed by atoms with Crippen molar-refractivity contribution in [3.05, 3.63) is 53.3 Å². The molecule has 3 atom stereocenters. The second-order valence-electron chi connectivity index (χ2n) is 7.57. The van der Waals surface area contributed by atoms with Crippen LogP contribution in [0, 0.1) is 11.8 Å². The standard InChI is InChI=1S/C19H24N4O4S/c1-27-19(24)17-14(8-20-21-17)9-22-10-15-11-23(28(2,25)26)18(16(15)12-22)13-6-4-3-5-7-13/h3-8,15-16,18H,9-12H2,1-2H3,(H,20,21)/t15-,16-,18+/m1/s1. The number of ether oxygens (including phenoxy) is 1. The molecule has 4 rings (SSSR count).